The van der Waals surface area contributed by atoms with Gasteiger partial charge in [-0.1, -0.05) is 30.9 Å². The quantitative estimate of drug-likeness (QED) is 0.679. The van der Waals surface area contributed by atoms with E-state index in [0.717, 1.165) is 5.56 Å². The standard InChI is InChI=1S/C23H26FN3O3/c1-3-16-30-23(29)27-14-11-18(12-15-27)22(28)26(2)21(20-6-4-5-13-25-20)17-7-9-19(24)10-8-17/h3-10,13,18,21H,1,11-12,14-16H2,2H3. The zero-order valence-electron chi connectivity index (χ0n) is 17.0. The molecule has 1 aromatic heterocycles. The Labute approximate surface area is 176 Å². The SMILES string of the molecule is C=CCOC(=O)N1CCC(C(=O)N(C)C(c2ccc(F)cc2)c2ccccn2)CC1. The fourth-order valence-corrected chi connectivity index (χ4v) is 3.72. The summed E-state index contributed by atoms with van der Waals surface area (Å²) in [6, 6.07) is 11.2. The number of rotatable bonds is 6. The van der Waals surface area contributed by atoms with Gasteiger partial charge in [0.1, 0.15) is 12.4 Å². The third-order valence-corrected chi connectivity index (χ3v) is 5.32. The second kappa shape index (κ2) is 10.0. The lowest BCUT2D eigenvalue weighted by atomic mass is 9.93. The van der Waals surface area contributed by atoms with Crippen molar-refractivity contribution in [3.05, 3.63) is 78.4 Å². The molecule has 1 fully saturated rings. The maximum absolute atomic E-state index is 13.4. The average Bonchev–Trinajstić information content (AvgIpc) is 2.79. The Morgan fingerprint density at radius 2 is 1.97 bits per heavy atom. The highest BCUT2D eigenvalue weighted by molar-refractivity contribution is 5.80. The van der Waals surface area contributed by atoms with Gasteiger partial charge < -0.3 is 14.5 Å². The summed E-state index contributed by atoms with van der Waals surface area (Å²) in [5, 5.41) is 0. The number of piperidine rings is 1. The molecule has 2 heterocycles. The summed E-state index contributed by atoms with van der Waals surface area (Å²) in [7, 11) is 1.75. The minimum atomic E-state index is -0.421. The summed E-state index contributed by atoms with van der Waals surface area (Å²) in [6.07, 6.45) is 3.94. The molecule has 1 unspecified atom stereocenters. The van der Waals surface area contributed by atoms with Crippen molar-refractivity contribution in [2.75, 3.05) is 26.7 Å². The Bertz CT molecular complexity index is 865. The second-order valence-corrected chi connectivity index (χ2v) is 7.28. The Hall–Kier alpha value is -3.22. The highest BCUT2D eigenvalue weighted by Gasteiger charge is 2.33. The third kappa shape index (κ3) is 5.03. The first-order chi connectivity index (χ1) is 14.5. The van der Waals surface area contributed by atoms with Crippen LogP contribution in [0.25, 0.3) is 0 Å². The van der Waals surface area contributed by atoms with E-state index in [4.69, 9.17) is 4.74 Å². The molecule has 0 spiro atoms. The Morgan fingerprint density at radius 1 is 1.27 bits per heavy atom. The van der Waals surface area contributed by atoms with Crippen molar-refractivity contribution < 1.29 is 18.7 Å². The summed E-state index contributed by atoms with van der Waals surface area (Å²) in [5.41, 5.74) is 1.50. The van der Waals surface area contributed by atoms with E-state index < -0.39 is 6.04 Å². The van der Waals surface area contributed by atoms with Gasteiger partial charge in [0, 0.05) is 32.3 Å². The number of hydrogen-bond acceptors (Lipinski definition) is 4. The molecular weight excluding hydrogens is 385 g/mol. The van der Waals surface area contributed by atoms with Crippen LogP contribution in [0, 0.1) is 11.7 Å². The van der Waals surface area contributed by atoms with Gasteiger partial charge in [0.25, 0.3) is 0 Å². The molecule has 1 saturated heterocycles. The predicted octanol–water partition coefficient (Wildman–Crippen LogP) is 3.80. The van der Waals surface area contributed by atoms with Crippen molar-refractivity contribution >= 4 is 12.0 Å². The van der Waals surface area contributed by atoms with Gasteiger partial charge in [0.2, 0.25) is 5.91 Å². The molecule has 0 aliphatic carbocycles. The van der Waals surface area contributed by atoms with Crippen LogP contribution in [-0.2, 0) is 9.53 Å². The molecule has 6 nitrogen and oxygen atoms in total. The molecule has 158 valence electrons. The topological polar surface area (TPSA) is 62.7 Å². The number of nitrogens with zero attached hydrogens (tertiary/aromatic N) is 3. The van der Waals surface area contributed by atoms with E-state index in [1.54, 1.807) is 35.2 Å². The summed E-state index contributed by atoms with van der Waals surface area (Å²) in [6.45, 7) is 4.63. The number of ether oxygens (including phenoxy) is 1. The summed E-state index contributed by atoms with van der Waals surface area (Å²) in [5.74, 6) is -0.553. The molecule has 2 aromatic rings. The van der Waals surface area contributed by atoms with E-state index >= 15 is 0 Å². The highest BCUT2D eigenvalue weighted by atomic mass is 19.1. The van der Waals surface area contributed by atoms with E-state index in [0.29, 0.717) is 31.6 Å². The number of carbonyl (C=O) groups excluding carboxylic acids is 2. The van der Waals surface area contributed by atoms with E-state index in [2.05, 4.69) is 11.6 Å². The summed E-state index contributed by atoms with van der Waals surface area (Å²) < 4.78 is 18.5. The van der Waals surface area contributed by atoms with Crippen LogP contribution in [0.5, 0.6) is 0 Å². The number of likely N-dealkylation sites (tertiary alicyclic amines) is 1. The molecule has 7 heteroatoms. The van der Waals surface area contributed by atoms with Gasteiger partial charge in [-0.25, -0.2) is 9.18 Å². The maximum Gasteiger partial charge on any atom is 0.410 e. The largest absolute Gasteiger partial charge is 0.445 e. The van der Waals surface area contributed by atoms with Crippen LogP contribution in [0.1, 0.15) is 30.1 Å². The van der Waals surface area contributed by atoms with Crippen LogP contribution in [-0.4, -0.2) is 53.5 Å². The van der Waals surface area contributed by atoms with Crippen LogP contribution in [0.4, 0.5) is 9.18 Å². The molecule has 0 bridgehead atoms. The molecule has 1 atom stereocenters. The number of pyridine rings is 1. The smallest absolute Gasteiger partial charge is 0.410 e. The van der Waals surface area contributed by atoms with Gasteiger partial charge in [-0.05, 0) is 42.7 Å². The monoisotopic (exact) mass is 411 g/mol. The van der Waals surface area contributed by atoms with Crippen molar-refractivity contribution in [3.63, 3.8) is 0 Å². The Morgan fingerprint density at radius 3 is 2.57 bits per heavy atom. The fourth-order valence-electron chi connectivity index (χ4n) is 3.72. The molecular formula is C23H26FN3O3. The zero-order chi connectivity index (χ0) is 21.5. The molecule has 30 heavy (non-hydrogen) atoms. The van der Waals surface area contributed by atoms with Gasteiger partial charge in [-0.2, -0.15) is 0 Å². The molecule has 2 amide bonds. The molecule has 3 rings (SSSR count). The first kappa shape index (κ1) is 21.5. The number of amides is 2. The average molecular weight is 411 g/mol. The van der Waals surface area contributed by atoms with E-state index in [1.807, 2.05) is 18.2 Å². The lowest BCUT2D eigenvalue weighted by Crippen LogP contribution is -2.44. The number of benzene rings is 1. The molecule has 1 aliphatic heterocycles. The van der Waals surface area contributed by atoms with Crippen LogP contribution >= 0.6 is 0 Å². The fraction of sp³-hybridized carbons (Fsp3) is 0.348. The predicted molar refractivity (Wildman–Crippen MR) is 111 cm³/mol. The Kier molecular flexibility index (Phi) is 7.17. The first-order valence-electron chi connectivity index (χ1n) is 9.97. The van der Waals surface area contributed by atoms with E-state index in [-0.39, 0.29) is 30.3 Å². The van der Waals surface area contributed by atoms with Crippen molar-refractivity contribution in [2.24, 2.45) is 5.92 Å². The van der Waals surface area contributed by atoms with Crippen LogP contribution in [0.15, 0.2) is 61.3 Å². The van der Waals surface area contributed by atoms with Gasteiger partial charge >= 0.3 is 6.09 Å². The minimum Gasteiger partial charge on any atom is -0.445 e. The lowest BCUT2D eigenvalue weighted by molar-refractivity contribution is -0.137. The van der Waals surface area contributed by atoms with E-state index in [9.17, 15) is 14.0 Å². The molecule has 1 aliphatic rings. The minimum absolute atomic E-state index is 0.0194. The van der Waals surface area contributed by atoms with Gasteiger partial charge in [-0.3, -0.25) is 9.78 Å². The normalized spacial score (nSPS) is 15.3. The number of aromatic nitrogens is 1. The van der Waals surface area contributed by atoms with Crippen molar-refractivity contribution in [1.82, 2.24) is 14.8 Å². The van der Waals surface area contributed by atoms with Crippen molar-refractivity contribution in [3.8, 4) is 0 Å². The zero-order valence-corrected chi connectivity index (χ0v) is 17.0. The van der Waals surface area contributed by atoms with Crippen molar-refractivity contribution in [2.45, 2.75) is 18.9 Å². The molecule has 1 aromatic carbocycles. The number of carbonyl (C=O) groups is 2. The van der Waals surface area contributed by atoms with Gasteiger partial charge in [-0.15, -0.1) is 0 Å². The Balaban J connectivity index is 1.73. The van der Waals surface area contributed by atoms with Crippen LogP contribution in [0.3, 0.4) is 0 Å². The number of hydrogen-bond donors (Lipinski definition) is 0. The van der Waals surface area contributed by atoms with E-state index in [1.165, 1.54) is 18.2 Å². The second-order valence-electron chi connectivity index (χ2n) is 7.28. The summed E-state index contributed by atoms with van der Waals surface area (Å²) >= 11 is 0. The summed E-state index contributed by atoms with van der Waals surface area (Å²) in [4.78, 5) is 33.0. The number of halogens is 1. The lowest BCUT2D eigenvalue weighted by Gasteiger charge is -2.35. The van der Waals surface area contributed by atoms with Crippen molar-refractivity contribution in [1.29, 1.82) is 0 Å². The van der Waals surface area contributed by atoms with Gasteiger partial charge in [0.15, 0.2) is 0 Å². The molecule has 0 N–H and O–H groups in total. The molecule has 0 saturated carbocycles. The first-order valence-corrected chi connectivity index (χ1v) is 9.97. The maximum atomic E-state index is 13.4. The molecule has 0 radical (unpaired) electrons. The van der Waals surface area contributed by atoms with Crippen LogP contribution < -0.4 is 0 Å². The third-order valence-electron chi connectivity index (χ3n) is 5.32. The van der Waals surface area contributed by atoms with Crippen LogP contribution in [0.2, 0.25) is 0 Å². The highest BCUT2D eigenvalue weighted by Crippen LogP contribution is 2.30. The van der Waals surface area contributed by atoms with Gasteiger partial charge in [0.05, 0.1) is 11.7 Å².